The number of unbranched alkanes of at least 4 members (excludes halogenated alkanes) is 63. The first kappa shape index (κ1) is 112. The molecule has 17 nitrogen and oxygen atoms in total. The summed E-state index contributed by atoms with van der Waals surface area (Å²) in [5, 5.41) is 10.7. The molecule has 19 heteroatoms. The number of carbonyl (C=O) groups excluding carboxylic acids is 4. The highest BCUT2D eigenvalue weighted by Gasteiger charge is 2.31. The number of aliphatic hydroxyl groups is 1. The van der Waals surface area contributed by atoms with Gasteiger partial charge in [0.15, 0.2) is 12.2 Å². The third kappa shape index (κ3) is 86.4. The molecule has 0 aromatic heterocycles. The molecular formula is C95H186O17P2. The predicted octanol–water partition coefficient (Wildman–Crippen LogP) is 29.7. The van der Waals surface area contributed by atoms with Crippen LogP contribution < -0.4 is 0 Å². The first-order valence-corrected chi connectivity index (χ1v) is 52.0. The summed E-state index contributed by atoms with van der Waals surface area (Å²) in [5.74, 6) is -0.477. The fourth-order valence-corrected chi connectivity index (χ4v) is 16.6. The van der Waals surface area contributed by atoms with Crippen molar-refractivity contribution in [2.75, 3.05) is 39.6 Å². The number of hydrogen-bond acceptors (Lipinski definition) is 15. The zero-order chi connectivity index (χ0) is 83.4. The van der Waals surface area contributed by atoms with Gasteiger partial charge < -0.3 is 33.8 Å². The van der Waals surface area contributed by atoms with Crippen LogP contribution in [0.4, 0.5) is 0 Å². The van der Waals surface area contributed by atoms with Gasteiger partial charge in [0.25, 0.3) is 0 Å². The van der Waals surface area contributed by atoms with E-state index in [2.05, 4.69) is 41.5 Å². The summed E-state index contributed by atoms with van der Waals surface area (Å²) in [6.45, 7) is 9.78. The largest absolute Gasteiger partial charge is 0.472 e. The molecule has 0 rings (SSSR count). The maximum Gasteiger partial charge on any atom is 0.472 e. The molecule has 0 aliphatic carbocycles. The van der Waals surface area contributed by atoms with Crippen molar-refractivity contribution < 1.29 is 80.2 Å². The average Bonchev–Trinajstić information content (AvgIpc) is 0.893. The number of phosphoric ester groups is 2. The third-order valence-corrected chi connectivity index (χ3v) is 24.7. The van der Waals surface area contributed by atoms with Gasteiger partial charge in [-0.3, -0.25) is 37.3 Å². The van der Waals surface area contributed by atoms with Crippen molar-refractivity contribution in [1.29, 1.82) is 0 Å². The summed E-state index contributed by atoms with van der Waals surface area (Å²) in [7, 11) is -9.94. The van der Waals surface area contributed by atoms with Crippen LogP contribution in [0.1, 0.15) is 517 Å². The number of rotatable bonds is 94. The molecule has 0 radical (unpaired) electrons. The lowest BCUT2D eigenvalue weighted by atomic mass is 9.99. The van der Waals surface area contributed by atoms with Crippen LogP contribution in [0.5, 0.6) is 0 Å². The van der Waals surface area contributed by atoms with Crippen LogP contribution in [0.15, 0.2) is 0 Å². The zero-order valence-corrected chi connectivity index (χ0v) is 77.2. The number of aliphatic hydroxyl groups excluding tert-OH is 1. The van der Waals surface area contributed by atoms with Crippen LogP contribution in [0.3, 0.4) is 0 Å². The topological polar surface area (TPSA) is 237 Å². The second-order valence-electron chi connectivity index (χ2n) is 34.8. The minimum Gasteiger partial charge on any atom is -0.462 e. The van der Waals surface area contributed by atoms with Crippen LogP contribution >= 0.6 is 15.6 Å². The van der Waals surface area contributed by atoms with Crippen LogP contribution in [0.2, 0.25) is 0 Å². The molecule has 0 aliphatic heterocycles. The molecule has 6 atom stereocenters. The summed E-state index contributed by atoms with van der Waals surface area (Å²) >= 11 is 0. The Morgan fingerprint density at radius 2 is 0.447 bits per heavy atom. The standard InChI is InChI=1S/C95H186O17P2/c1-7-10-12-14-16-18-20-22-24-26-28-29-31-35-39-43-47-53-59-65-71-77-92(97)105-83-90(111-94(99)79-74-68-62-55-49-45-41-37-33-32-34-38-42-46-52-58-64-70-76-88(6)9-3)85-109-113(101,102)107-81-89(96)82-108-114(103,104)110-86-91(84-106-93(98)78-72-66-60-56-50-51-57-63-69-75-87(4)5)112-95(100)80-73-67-61-54-48-44-40-36-30-27-25-23-21-19-17-15-13-11-8-2/h87-91,96H,7-86H2,1-6H3,(H,101,102)(H,103,104)/t88?,89-,90-,91-/m1/s1. The molecule has 0 fully saturated rings. The Balaban J connectivity index is 5.24. The highest BCUT2D eigenvalue weighted by atomic mass is 31.2. The van der Waals surface area contributed by atoms with Crippen molar-refractivity contribution in [2.45, 2.75) is 535 Å². The number of phosphoric acid groups is 2. The van der Waals surface area contributed by atoms with E-state index in [0.717, 1.165) is 102 Å². The number of carbonyl (C=O) groups is 4. The lowest BCUT2D eigenvalue weighted by Crippen LogP contribution is -2.30. The third-order valence-electron chi connectivity index (χ3n) is 22.8. The van der Waals surface area contributed by atoms with Crippen LogP contribution in [-0.2, 0) is 65.4 Å². The molecule has 0 bridgehead atoms. The molecule has 0 saturated heterocycles. The molecule has 0 aliphatic rings. The Morgan fingerprint density at radius 1 is 0.254 bits per heavy atom. The van der Waals surface area contributed by atoms with Gasteiger partial charge in [-0.15, -0.1) is 0 Å². The first-order valence-electron chi connectivity index (χ1n) is 49.0. The van der Waals surface area contributed by atoms with E-state index in [4.69, 9.17) is 37.0 Å². The second kappa shape index (κ2) is 86.0. The maximum absolute atomic E-state index is 13.2. The van der Waals surface area contributed by atoms with Gasteiger partial charge in [-0.05, 0) is 37.5 Å². The SMILES string of the molecule is CCCCCCCCCCCCCCCCCCCCCCCC(=O)OC[C@H](COP(=O)(O)OC[C@@H](O)COP(=O)(O)OC[C@@H](COC(=O)CCCCCCCCCCCC(C)C)OC(=O)CCCCCCCCCCCCCCCCCCCCC)OC(=O)CCCCCCCCCCCCCCCCCCCCC(C)CC. The van der Waals surface area contributed by atoms with E-state index in [9.17, 15) is 43.2 Å². The fourth-order valence-electron chi connectivity index (χ4n) is 15.0. The Labute approximate surface area is 702 Å². The highest BCUT2D eigenvalue weighted by Crippen LogP contribution is 2.45. The van der Waals surface area contributed by atoms with E-state index >= 15 is 0 Å². The van der Waals surface area contributed by atoms with Gasteiger partial charge in [0.1, 0.15) is 19.3 Å². The van der Waals surface area contributed by atoms with Gasteiger partial charge >= 0.3 is 39.5 Å². The van der Waals surface area contributed by atoms with Gasteiger partial charge in [0.2, 0.25) is 0 Å². The quantitative estimate of drug-likeness (QED) is 0.0222. The smallest absolute Gasteiger partial charge is 0.462 e. The zero-order valence-electron chi connectivity index (χ0n) is 75.4. The molecule has 678 valence electrons. The lowest BCUT2D eigenvalue weighted by molar-refractivity contribution is -0.161. The summed E-state index contributed by atoms with van der Waals surface area (Å²) in [4.78, 5) is 73.6. The van der Waals surface area contributed by atoms with Gasteiger partial charge in [-0.1, -0.05) is 465 Å². The molecule has 0 aromatic rings. The van der Waals surface area contributed by atoms with Gasteiger partial charge in [-0.25, -0.2) is 9.13 Å². The van der Waals surface area contributed by atoms with Crippen molar-refractivity contribution in [3.05, 3.63) is 0 Å². The van der Waals surface area contributed by atoms with Gasteiger partial charge in [0, 0.05) is 25.7 Å². The van der Waals surface area contributed by atoms with E-state index in [1.165, 1.54) is 334 Å². The normalized spacial score (nSPS) is 13.9. The van der Waals surface area contributed by atoms with Gasteiger partial charge in [0.05, 0.1) is 26.4 Å². The van der Waals surface area contributed by atoms with Crippen LogP contribution in [0.25, 0.3) is 0 Å². The second-order valence-corrected chi connectivity index (χ2v) is 37.7. The number of hydrogen-bond donors (Lipinski definition) is 3. The molecule has 0 spiro atoms. The molecule has 0 amide bonds. The van der Waals surface area contributed by atoms with Crippen molar-refractivity contribution in [3.63, 3.8) is 0 Å². The van der Waals surface area contributed by atoms with E-state index in [1.54, 1.807) is 0 Å². The van der Waals surface area contributed by atoms with Crippen molar-refractivity contribution >= 4 is 39.5 Å². The minimum atomic E-state index is -4.97. The first-order chi connectivity index (χ1) is 55.4. The molecule has 0 aromatic carbocycles. The minimum absolute atomic E-state index is 0.109. The summed E-state index contributed by atoms with van der Waals surface area (Å²) < 4.78 is 69.2. The molecular weight excluding hydrogens is 1470 g/mol. The van der Waals surface area contributed by atoms with Crippen LogP contribution in [0, 0.1) is 11.8 Å². The molecule has 114 heavy (non-hydrogen) atoms. The predicted molar refractivity (Wildman–Crippen MR) is 474 cm³/mol. The molecule has 0 heterocycles. The van der Waals surface area contributed by atoms with E-state index in [-0.39, 0.29) is 25.7 Å². The van der Waals surface area contributed by atoms with Crippen molar-refractivity contribution in [1.82, 2.24) is 0 Å². The summed E-state index contributed by atoms with van der Waals surface area (Å²) in [5.41, 5.74) is 0. The van der Waals surface area contributed by atoms with Crippen molar-refractivity contribution in [3.8, 4) is 0 Å². The summed E-state index contributed by atoms with van der Waals surface area (Å²) in [6, 6.07) is 0. The Kier molecular flexibility index (Phi) is 84.6. The Hall–Kier alpha value is -1.94. The Morgan fingerprint density at radius 3 is 0.667 bits per heavy atom. The van der Waals surface area contributed by atoms with Crippen LogP contribution in [-0.4, -0.2) is 96.7 Å². The summed E-state index contributed by atoms with van der Waals surface area (Å²) in [6.07, 6.45) is 82.1. The molecule has 3 N–H and O–H groups in total. The van der Waals surface area contributed by atoms with E-state index < -0.39 is 97.5 Å². The van der Waals surface area contributed by atoms with Gasteiger partial charge in [-0.2, -0.15) is 0 Å². The lowest BCUT2D eigenvalue weighted by Gasteiger charge is -2.21. The number of ether oxygens (including phenoxy) is 4. The fraction of sp³-hybridized carbons (Fsp3) is 0.958. The molecule has 0 saturated carbocycles. The number of esters is 4. The Bertz CT molecular complexity index is 2170. The average molecular weight is 1660 g/mol. The van der Waals surface area contributed by atoms with Crippen molar-refractivity contribution in [2.24, 2.45) is 11.8 Å². The monoisotopic (exact) mass is 1660 g/mol. The van der Waals surface area contributed by atoms with E-state index in [0.29, 0.717) is 25.7 Å². The highest BCUT2D eigenvalue weighted by molar-refractivity contribution is 7.47. The maximum atomic E-state index is 13.2. The van der Waals surface area contributed by atoms with E-state index in [1.807, 2.05) is 0 Å². The molecule has 3 unspecified atom stereocenters.